The standard InChI is InChI=1S/C53H37BN4/c1-34-19-17-20-35(2)46(34)53-55-43-33-41-40-29-18-32-45-49(40)54(42-30-15-16-31-44(42)56(45)38-25-11-5-12-26-38)58-50(37-23-9-4-10-24-37)47(36-21-7-3-8-22-36)48(51(41)58)52(43)57(53)39-27-13-6-14-28-39/h3-33H,1-2H3. The zero-order valence-corrected chi connectivity index (χ0v) is 32.3. The molecule has 0 bridgehead atoms. The zero-order valence-electron chi connectivity index (χ0n) is 32.3. The second-order valence-corrected chi connectivity index (χ2v) is 15.6. The summed E-state index contributed by atoms with van der Waals surface area (Å²) < 4.78 is 5.13. The molecule has 0 spiro atoms. The Morgan fingerprint density at radius 2 is 1.07 bits per heavy atom. The largest absolute Gasteiger partial charge is 0.375 e. The first kappa shape index (κ1) is 32.8. The molecular weight excluding hydrogens is 703 g/mol. The molecular formula is C53H37BN4. The lowest BCUT2D eigenvalue weighted by Gasteiger charge is -2.40. The first-order valence-corrected chi connectivity index (χ1v) is 20.1. The van der Waals surface area contributed by atoms with Gasteiger partial charge in [0.15, 0.2) is 0 Å². The number of rotatable bonds is 5. The van der Waals surface area contributed by atoms with Gasteiger partial charge >= 0.3 is 6.85 Å². The Kier molecular flexibility index (Phi) is 7.12. The summed E-state index contributed by atoms with van der Waals surface area (Å²) in [6.07, 6.45) is 0. The third-order valence-corrected chi connectivity index (χ3v) is 12.3. The Labute approximate surface area is 338 Å². The van der Waals surface area contributed by atoms with Crippen LogP contribution in [-0.4, -0.2) is 20.9 Å². The van der Waals surface area contributed by atoms with Crippen LogP contribution in [0.1, 0.15) is 11.1 Å². The van der Waals surface area contributed by atoms with E-state index in [9.17, 15) is 0 Å². The van der Waals surface area contributed by atoms with Crippen LogP contribution in [0.25, 0.3) is 72.5 Å². The third kappa shape index (κ3) is 4.56. The van der Waals surface area contributed by atoms with E-state index in [1.165, 1.54) is 83.4 Å². The number of imidazole rings is 1. The van der Waals surface area contributed by atoms with Crippen molar-refractivity contribution < 1.29 is 0 Å². The van der Waals surface area contributed by atoms with Crippen molar-refractivity contribution in [3.8, 4) is 50.6 Å². The molecule has 0 amide bonds. The van der Waals surface area contributed by atoms with Gasteiger partial charge in [-0.05, 0) is 95.1 Å². The summed E-state index contributed by atoms with van der Waals surface area (Å²) in [7, 11) is 0. The van der Waals surface area contributed by atoms with Crippen molar-refractivity contribution in [2.24, 2.45) is 0 Å². The summed E-state index contributed by atoms with van der Waals surface area (Å²) in [4.78, 5) is 8.16. The minimum absolute atomic E-state index is 0.0892. The molecule has 10 aromatic rings. The molecule has 2 aliphatic rings. The minimum Gasteiger partial charge on any atom is -0.375 e. The van der Waals surface area contributed by atoms with E-state index in [2.05, 4.69) is 216 Å². The first-order chi connectivity index (χ1) is 28.7. The van der Waals surface area contributed by atoms with Crippen molar-refractivity contribution in [3.05, 3.63) is 199 Å². The number of fused-ring (bicyclic) bond motifs is 6. The van der Waals surface area contributed by atoms with Crippen molar-refractivity contribution in [2.45, 2.75) is 13.8 Å². The van der Waals surface area contributed by atoms with E-state index >= 15 is 0 Å². The van der Waals surface area contributed by atoms with Crippen LogP contribution < -0.4 is 15.8 Å². The second-order valence-electron chi connectivity index (χ2n) is 15.6. The quantitative estimate of drug-likeness (QED) is 0.164. The molecule has 0 aliphatic carbocycles. The van der Waals surface area contributed by atoms with Gasteiger partial charge < -0.3 is 9.38 Å². The van der Waals surface area contributed by atoms with Crippen LogP contribution in [-0.2, 0) is 0 Å². The Balaban J connectivity index is 1.34. The molecule has 272 valence electrons. The van der Waals surface area contributed by atoms with E-state index in [0.717, 1.165) is 28.2 Å². The fourth-order valence-corrected chi connectivity index (χ4v) is 10.1. The summed E-state index contributed by atoms with van der Waals surface area (Å²) in [5.74, 6) is 0.956. The molecule has 4 nitrogen and oxygen atoms in total. The number of para-hydroxylation sites is 3. The predicted molar refractivity (Wildman–Crippen MR) is 243 cm³/mol. The van der Waals surface area contributed by atoms with E-state index in [-0.39, 0.29) is 6.85 Å². The van der Waals surface area contributed by atoms with Gasteiger partial charge in [-0.3, -0.25) is 4.57 Å². The van der Waals surface area contributed by atoms with Gasteiger partial charge in [-0.2, -0.15) is 0 Å². The van der Waals surface area contributed by atoms with Crippen LogP contribution in [0.15, 0.2) is 188 Å². The maximum absolute atomic E-state index is 5.70. The molecule has 0 fully saturated rings. The van der Waals surface area contributed by atoms with Gasteiger partial charge in [-0.1, -0.05) is 146 Å². The average Bonchev–Trinajstić information content (AvgIpc) is 3.83. The molecule has 2 aliphatic heterocycles. The average molecular weight is 741 g/mol. The molecule has 2 aromatic heterocycles. The van der Waals surface area contributed by atoms with E-state index in [0.29, 0.717) is 0 Å². The number of aryl methyl sites for hydroxylation is 2. The summed E-state index contributed by atoms with van der Waals surface area (Å²) in [5, 5.41) is 1.21. The van der Waals surface area contributed by atoms with Crippen molar-refractivity contribution in [1.29, 1.82) is 0 Å². The van der Waals surface area contributed by atoms with E-state index < -0.39 is 0 Å². The fourth-order valence-electron chi connectivity index (χ4n) is 10.1. The number of hydrogen-bond donors (Lipinski definition) is 0. The molecule has 0 saturated heterocycles. The van der Waals surface area contributed by atoms with Gasteiger partial charge in [0.1, 0.15) is 5.82 Å². The van der Waals surface area contributed by atoms with Gasteiger partial charge in [0.2, 0.25) is 0 Å². The van der Waals surface area contributed by atoms with Crippen LogP contribution in [0, 0.1) is 13.8 Å². The van der Waals surface area contributed by atoms with Crippen molar-refractivity contribution in [2.75, 3.05) is 4.90 Å². The van der Waals surface area contributed by atoms with E-state index in [1.807, 2.05) is 0 Å². The van der Waals surface area contributed by atoms with Gasteiger partial charge in [0.25, 0.3) is 0 Å². The van der Waals surface area contributed by atoms with Crippen molar-refractivity contribution in [3.63, 3.8) is 0 Å². The monoisotopic (exact) mass is 740 g/mol. The normalized spacial score (nSPS) is 12.6. The third-order valence-electron chi connectivity index (χ3n) is 12.3. The summed E-state index contributed by atoms with van der Waals surface area (Å²) in [6, 6.07) is 68.5. The fraction of sp³-hybridized carbons (Fsp3) is 0.0377. The molecule has 0 radical (unpaired) electrons. The molecule has 0 N–H and O–H groups in total. The van der Waals surface area contributed by atoms with Gasteiger partial charge in [0, 0.05) is 56.0 Å². The maximum atomic E-state index is 5.70. The van der Waals surface area contributed by atoms with Crippen molar-refractivity contribution in [1.82, 2.24) is 14.0 Å². The molecule has 58 heavy (non-hydrogen) atoms. The lowest BCUT2D eigenvalue weighted by Crippen LogP contribution is -2.56. The first-order valence-electron chi connectivity index (χ1n) is 20.1. The molecule has 0 atom stereocenters. The SMILES string of the molecule is Cc1cccc(C)c1-c1nc2cc3c4c(c(-c5ccccc5)c(-c5ccccc5)n4B4c5ccccc5N(c5ccccc5)c5cccc-3c54)c2n1-c1ccccc1. The maximum Gasteiger partial charge on any atom is 0.333 e. The number of anilines is 3. The van der Waals surface area contributed by atoms with Crippen LogP contribution in [0.5, 0.6) is 0 Å². The Bertz CT molecular complexity index is 3220. The number of hydrogen-bond acceptors (Lipinski definition) is 2. The summed E-state index contributed by atoms with van der Waals surface area (Å²) >= 11 is 0. The predicted octanol–water partition coefficient (Wildman–Crippen LogP) is 12.0. The highest BCUT2D eigenvalue weighted by Crippen LogP contribution is 2.52. The Morgan fingerprint density at radius 1 is 0.483 bits per heavy atom. The van der Waals surface area contributed by atoms with Crippen LogP contribution in [0.2, 0.25) is 0 Å². The topological polar surface area (TPSA) is 26.0 Å². The van der Waals surface area contributed by atoms with Crippen LogP contribution >= 0.6 is 0 Å². The lowest BCUT2D eigenvalue weighted by atomic mass is 9.45. The number of nitrogens with zero attached hydrogens (tertiary/aromatic N) is 4. The summed E-state index contributed by atoms with van der Waals surface area (Å²) in [6.45, 7) is 4.33. The highest BCUT2D eigenvalue weighted by molar-refractivity contribution is 6.90. The van der Waals surface area contributed by atoms with Gasteiger partial charge in [-0.25, -0.2) is 4.98 Å². The van der Waals surface area contributed by atoms with Crippen LogP contribution in [0.4, 0.5) is 17.1 Å². The van der Waals surface area contributed by atoms with Gasteiger partial charge in [0.05, 0.1) is 11.0 Å². The molecule has 0 unspecified atom stereocenters. The van der Waals surface area contributed by atoms with Crippen LogP contribution in [0.3, 0.4) is 0 Å². The van der Waals surface area contributed by atoms with Crippen molar-refractivity contribution >= 4 is 56.8 Å². The molecule has 12 rings (SSSR count). The smallest absolute Gasteiger partial charge is 0.333 e. The Morgan fingerprint density at radius 3 is 1.78 bits per heavy atom. The lowest BCUT2D eigenvalue weighted by molar-refractivity contribution is 1.09. The molecule has 0 saturated carbocycles. The number of aromatic nitrogens is 3. The molecule has 5 heteroatoms. The van der Waals surface area contributed by atoms with Gasteiger partial charge in [-0.15, -0.1) is 0 Å². The highest BCUT2D eigenvalue weighted by Gasteiger charge is 2.44. The number of benzene rings is 8. The van der Waals surface area contributed by atoms with E-state index in [4.69, 9.17) is 4.98 Å². The van der Waals surface area contributed by atoms with E-state index in [1.54, 1.807) is 0 Å². The Hall–Kier alpha value is -7.37. The zero-order chi connectivity index (χ0) is 38.5. The summed E-state index contributed by atoms with van der Waals surface area (Å²) in [5.41, 5.74) is 21.4. The molecule has 8 aromatic carbocycles. The molecule has 4 heterocycles. The minimum atomic E-state index is -0.0892. The second kappa shape index (κ2) is 12.6. The highest BCUT2D eigenvalue weighted by atomic mass is 15.2.